The lowest BCUT2D eigenvalue weighted by molar-refractivity contribution is -0.0441. The minimum atomic E-state index is -0.0542. The second kappa shape index (κ2) is 7.66. The molecule has 3 fully saturated rings. The molecule has 3 aliphatic carbocycles. The topological polar surface area (TPSA) is 40.5 Å². The third-order valence-corrected chi connectivity index (χ3v) is 7.01. The van der Waals surface area contributed by atoms with Crippen molar-refractivity contribution in [3.63, 3.8) is 0 Å². The molecule has 0 aromatic heterocycles. The van der Waals surface area contributed by atoms with E-state index in [-0.39, 0.29) is 12.2 Å². The molecule has 0 bridgehead atoms. The molecule has 128 valence electrons. The minimum absolute atomic E-state index is 0.0499. The Morgan fingerprint density at radius 2 is 1.50 bits per heavy atom. The molecule has 0 radical (unpaired) electrons. The van der Waals surface area contributed by atoms with Crippen LogP contribution in [-0.2, 0) is 0 Å². The Morgan fingerprint density at radius 1 is 0.818 bits per heavy atom. The summed E-state index contributed by atoms with van der Waals surface area (Å²) in [7, 11) is 0. The molecule has 0 aromatic rings. The van der Waals surface area contributed by atoms with Crippen LogP contribution in [0.3, 0.4) is 0 Å². The fraction of sp³-hybridized carbons (Fsp3) is 1.00. The molecule has 2 heteroatoms. The zero-order chi connectivity index (χ0) is 15.5. The van der Waals surface area contributed by atoms with Crippen molar-refractivity contribution in [2.24, 2.45) is 29.6 Å². The average Bonchev–Trinajstić information content (AvgIpc) is 2.53. The van der Waals surface area contributed by atoms with Crippen LogP contribution in [0.4, 0.5) is 0 Å². The lowest BCUT2D eigenvalue weighted by atomic mass is 9.63. The maximum absolute atomic E-state index is 11.0. The first-order chi connectivity index (χ1) is 10.6. The van der Waals surface area contributed by atoms with Crippen molar-refractivity contribution in [1.82, 2.24) is 0 Å². The standard InChI is InChI=1S/C20H36O2/c1-14-11-17(13-15-7-9-18(21)10-8-15)20(22)19(12-14)16-5-3-2-4-6-16/h14-22H,2-13H2,1H3. The van der Waals surface area contributed by atoms with Crippen molar-refractivity contribution in [2.45, 2.75) is 96.2 Å². The molecule has 0 heterocycles. The molecular formula is C20H36O2. The Labute approximate surface area is 136 Å². The zero-order valence-corrected chi connectivity index (χ0v) is 14.4. The molecule has 0 aromatic carbocycles. The molecule has 0 amide bonds. The SMILES string of the molecule is CC1CC(CC2CCC(O)CC2)C(O)C(C2CCCCC2)C1. The van der Waals surface area contributed by atoms with Crippen LogP contribution in [0.25, 0.3) is 0 Å². The lowest BCUT2D eigenvalue weighted by Crippen LogP contribution is -2.42. The first-order valence-corrected chi connectivity index (χ1v) is 9.99. The highest BCUT2D eigenvalue weighted by molar-refractivity contribution is 4.90. The van der Waals surface area contributed by atoms with E-state index in [0.29, 0.717) is 11.8 Å². The van der Waals surface area contributed by atoms with E-state index in [1.807, 2.05) is 0 Å². The predicted molar refractivity (Wildman–Crippen MR) is 90.5 cm³/mol. The Bertz CT molecular complexity index is 329. The van der Waals surface area contributed by atoms with E-state index in [0.717, 1.165) is 30.6 Å². The Hall–Kier alpha value is -0.0800. The van der Waals surface area contributed by atoms with E-state index in [9.17, 15) is 10.2 Å². The third-order valence-electron chi connectivity index (χ3n) is 7.01. The highest BCUT2D eigenvalue weighted by Crippen LogP contribution is 2.45. The van der Waals surface area contributed by atoms with Crippen LogP contribution in [0, 0.1) is 29.6 Å². The Balaban J connectivity index is 1.58. The number of hydrogen-bond acceptors (Lipinski definition) is 2. The van der Waals surface area contributed by atoms with Crippen LogP contribution in [0.5, 0.6) is 0 Å². The van der Waals surface area contributed by atoms with Gasteiger partial charge in [-0.25, -0.2) is 0 Å². The molecule has 0 saturated heterocycles. The third kappa shape index (κ3) is 4.06. The number of aliphatic hydroxyl groups is 2. The first-order valence-electron chi connectivity index (χ1n) is 9.99. The molecule has 4 atom stereocenters. The number of rotatable bonds is 3. The summed E-state index contributed by atoms with van der Waals surface area (Å²) in [5.41, 5.74) is 0. The molecule has 0 aliphatic heterocycles. The van der Waals surface area contributed by atoms with Crippen LogP contribution in [0.2, 0.25) is 0 Å². The summed E-state index contributed by atoms with van der Waals surface area (Å²) in [5.74, 6) is 3.43. The van der Waals surface area contributed by atoms with Gasteiger partial charge in [-0.1, -0.05) is 39.0 Å². The van der Waals surface area contributed by atoms with Crippen molar-refractivity contribution in [1.29, 1.82) is 0 Å². The van der Waals surface area contributed by atoms with Crippen molar-refractivity contribution in [3.05, 3.63) is 0 Å². The van der Waals surface area contributed by atoms with Crippen LogP contribution in [0.1, 0.15) is 84.0 Å². The van der Waals surface area contributed by atoms with E-state index < -0.39 is 0 Å². The number of aliphatic hydroxyl groups excluding tert-OH is 2. The van der Waals surface area contributed by atoms with Crippen molar-refractivity contribution in [3.8, 4) is 0 Å². The molecule has 22 heavy (non-hydrogen) atoms. The van der Waals surface area contributed by atoms with E-state index >= 15 is 0 Å². The summed E-state index contributed by atoms with van der Waals surface area (Å²) >= 11 is 0. The zero-order valence-electron chi connectivity index (χ0n) is 14.4. The van der Waals surface area contributed by atoms with Crippen molar-refractivity contribution < 1.29 is 10.2 Å². The molecule has 3 rings (SSSR count). The summed E-state index contributed by atoms with van der Waals surface area (Å²) in [6.07, 6.45) is 14.8. The van der Waals surface area contributed by atoms with Gasteiger partial charge in [-0.05, 0) is 74.5 Å². The predicted octanol–water partition coefficient (Wildman–Crippen LogP) is 4.53. The molecule has 3 saturated carbocycles. The molecular weight excluding hydrogens is 272 g/mol. The summed E-state index contributed by atoms with van der Waals surface area (Å²) in [4.78, 5) is 0. The fourth-order valence-electron chi connectivity index (χ4n) is 5.78. The molecule has 2 N–H and O–H groups in total. The van der Waals surface area contributed by atoms with E-state index in [1.54, 1.807) is 0 Å². The van der Waals surface area contributed by atoms with Crippen LogP contribution < -0.4 is 0 Å². The molecule has 4 unspecified atom stereocenters. The summed E-state index contributed by atoms with van der Waals surface area (Å²) in [6.45, 7) is 2.40. The maximum Gasteiger partial charge on any atom is 0.0599 e. The molecule has 2 nitrogen and oxygen atoms in total. The van der Waals surface area contributed by atoms with Crippen LogP contribution >= 0.6 is 0 Å². The maximum atomic E-state index is 11.0. The Kier molecular flexibility index (Phi) is 5.84. The smallest absolute Gasteiger partial charge is 0.0599 e. The molecule has 0 spiro atoms. The normalized spacial score (nSPS) is 44.9. The fourth-order valence-corrected chi connectivity index (χ4v) is 5.78. The van der Waals surface area contributed by atoms with Gasteiger partial charge in [-0.15, -0.1) is 0 Å². The lowest BCUT2D eigenvalue weighted by Gasteiger charge is -2.44. The summed E-state index contributed by atoms with van der Waals surface area (Å²) in [5, 5.41) is 20.7. The van der Waals surface area contributed by atoms with Gasteiger partial charge in [0.15, 0.2) is 0 Å². The largest absolute Gasteiger partial charge is 0.393 e. The van der Waals surface area contributed by atoms with Gasteiger partial charge < -0.3 is 10.2 Å². The number of hydrogen-bond donors (Lipinski definition) is 2. The monoisotopic (exact) mass is 308 g/mol. The van der Waals surface area contributed by atoms with Gasteiger partial charge in [0.2, 0.25) is 0 Å². The first kappa shape index (κ1) is 16.8. The van der Waals surface area contributed by atoms with Gasteiger partial charge in [-0.2, -0.15) is 0 Å². The highest BCUT2D eigenvalue weighted by atomic mass is 16.3. The second-order valence-electron chi connectivity index (χ2n) is 8.80. The van der Waals surface area contributed by atoms with Crippen LogP contribution in [-0.4, -0.2) is 22.4 Å². The van der Waals surface area contributed by atoms with Crippen molar-refractivity contribution >= 4 is 0 Å². The highest BCUT2D eigenvalue weighted by Gasteiger charge is 2.40. The minimum Gasteiger partial charge on any atom is -0.393 e. The van der Waals surface area contributed by atoms with E-state index in [4.69, 9.17) is 0 Å². The van der Waals surface area contributed by atoms with Gasteiger partial charge >= 0.3 is 0 Å². The van der Waals surface area contributed by atoms with E-state index in [2.05, 4.69) is 6.92 Å². The van der Waals surface area contributed by atoms with Gasteiger partial charge in [-0.3, -0.25) is 0 Å². The summed E-state index contributed by atoms with van der Waals surface area (Å²) in [6, 6.07) is 0. The van der Waals surface area contributed by atoms with Gasteiger partial charge in [0.05, 0.1) is 12.2 Å². The quantitative estimate of drug-likeness (QED) is 0.804. The molecule has 3 aliphatic rings. The van der Waals surface area contributed by atoms with Gasteiger partial charge in [0, 0.05) is 0 Å². The summed E-state index contributed by atoms with van der Waals surface area (Å²) < 4.78 is 0. The second-order valence-corrected chi connectivity index (χ2v) is 8.80. The van der Waals surface area contributed by atoms with E-state index in [1.165, 1.54) is 64.2 Å². The van der Waals surface area contributed by atoms with Gasteiger partial charge in [0.1, 0.15) is 0 Å². The van der Waals surface area contributed by atoms with Crippen molar-refractivity contribution in [2.75, 3.05) is 0 Å². The average molecular weight is 309 g/mol. The van der Waals surface area contributed by atoms with Gasteiger partial charge in [0.25, 0.3) is 0 Å². The Morgan fingerprint density at radius 3 is 2.18 bits per heavy atom. The van der Waals surface area contributed by atoms with Crippen LogP contribution in [0.15, 0.2) is 0 Å².